The van der Waals surface area contributed by atoms with E-state index in [0.717, 1.165) is 72.9 Å². The molecule has 0 saturated carbocycles. The number of carbonyl (C=O) groups excluding carboxylic acids is 1. The average Bonchev–Trinajstić information content (AvgIpc) is 3.65. The molecule has 1 aromatic heterocycles. The number of hydrogen-bond acceptors (Lipinski definition) is 6. The van der Waals surface area contributed by atoms with Crippen LogP contribution in [-0.4, -0.2) is 41.7 Å². The molecule has 1 aliphatic heterocycles. The maximum Gasteiger partial charge on any atom is 0.344 e. The fourth-order valence-corrected chi connectivity index (χ4v) is 6.06. The van der Waals surface area contributed by atoms with Gasteiger partial charge in [-0.05, 0) is 62.8 Å². The molecular weight excluding hydrogens is 488 g/mol. The molecular formula is C33H34N2O4. The molecule has 2 heterocycles. The van der Waals surface area contributed by atoms with Gasteiger partial charge in [-0.1, -0.05) is 72.8 Å². The average molecular weight is 523 g/mol. The SMILES string of the molecule is CCOC(=O)COc1cccc2c1CCC(N1CCCC1c1nc(-c3ccccc3)c(-c3ccccc3)o1)C2. The number of rotatable bonds is 8. The molecule has 6 rings (SSSR count). The lowest BCUT2D eigenvalue weighted by molar-refractivity contribution is -0.145. The molecule has 6 nitrogen and oxygen atoms in total. The smallest absolute Gasteiger partial charge is 0.344 e. The summed E-state index contributed by atoms with van der Waals surface area (Å²) in [6.45, 7) is 3.14. The Morgan fingerprint density at radius 2 is 1.74 bits per heavy atom. The molecule has 0 bridgehead atoms. The number of esters is 1. The van der Waals surface area contributed by atoms with E-state index >= 15 is 0 Å². The van der Waals surface area contributed by atoms with Crippen molar-refractivity contribution in [2.24, 2.45) is 0 Å². The molecule has 39 heavy (non-hydrogen) atoms. The Labute approximate surface area is 229 Å². The molecule has 0 spiro atoms. The monoisotopic (exact) mass is 522 g/mol. The van der Waals surface area contributed by atoms with Crippen LogP contribution in [-0.2, 0) is 22.4 Å². The van der Waals surface area contributed by atoms with E-state index in [1.807, 2.05) is 48.5 Å². The molecule has 2 unspecified atom stereocenters. The zero-order valence-corrected chi connectivity index (χ0v) is 22.3. The second-order valence-corrected chi connectivity index (χ2v) is 10.2. The topological polar surface area (TPSA) is 64.8 Å². The second kappa shape index (κ2) is 11.5. The molecule has 2 aliphatic rings. The summed E-state index contributed by atoms with van der Waals surface area (Å²) in [7, 11) is 0. The summed E-state index contributed by atoms with van der Waals surface area (Å²) in [6, 6.07) is 27.3. The van der Waals surface area contributed by atoms with Crippen molar-refractivity contribution in [1.29, 1.82) is 0 Å². The summed E-state index contributed by atoms with van der Waals surface area (Å²) in [4.78, 5) is 19.5. The van der Waals surface area contributed by atoms with Gasteiger partial charge < -0.3 is 13.9 Å². The maximum absolute atomic E-state index is 11.8. The van der Waals surface area contributed by atoms with Crippen LogP contribution in [0.5, 0.6) is 5.75 Å². The Balaban J connectivity index is 1.25. The van der Waals surface area contributed by atoms with Crippen molar-refractivity contribution in [1.82, 2.24) is 9.88 Å². The van der Waals surface area contributed by atoms with Crippen molar-refractivity contribution in [2.45, 2.75) is 51.1 Å². The molecule has 200 valence electrons. The molecule has 6 heteroatoms. The highest BCUT2D eigenvalue weighted by Gasteiger charge is 2.37. The third kappa shape index (κ3) is 5.34. The van der Waals surface area contributed by atoms with E-state index in [4.69, 9.17) is 18.9 Å². The number of carbonyl (C=O) groups is 1. The number of nitrogens with zero attached hydrogens (tertiary/aromatic N) is 2. The first-order valence-corrected chi connectivity index (χ1v) is 14.0. The number of fused-ring (bicyclic) bond motifs is 1. The van der Waals surface area contributed by atoms with Gasteiger partial charge in [-0.15, -0.1) is 0 Å². The number of ether oxygens (including phenoxy) is 2. The highest BCUT2D eigenvalue weighted by molar-refractivity contribution is 5.76. The van der Waals surface area contributed by atoms with E-state index in [-0.39, 0.29) is 18.6 Å². The van der Waals surface area contributed by atoms with Crippen molar-refractivity contribution in [3.05, 3.63) is 95.9 Å². The van der Waals surface area contributed by atoms with Crippen LogP contribution in [0.4, 0.5) is 0 Å². The number of benzene rings is 3. The minimum absolute atomic E-state index is 0.0560. The zero-order valence-electron chi connectivity index (χ0n) is 22.3. The Morgan fingerprint density at radius 3 is 2.51 bits per heavy atom. The third-order valence-electron chi connectivity index (χ3n) is 7.84. The third-order valence-corrected chi connectivity index (χ3v) is 7.84. The second-order valence-electron chi connectivity index (χ2n) is 10.2. The van der Waals surface area contributed by atoms with Crippen LogP contribution < -0.4 is 4.74 Å². The number of oxazole rings is 1. The summed E-state index contributed by atoms with van der Waals surface area (Å²) in [5, 5.41) is 0. The van der Waals surface area contributed by atoms with Crippen molar-refractivity contribution in [2.75, 3.05) is 19.8 Å². The van der Waals surface area contributed by atoms with Gasteiger partial charge in [-0.25, -0.2) is 9.78 Å². The van der Waals surface area contributed by atoms with Gasteiger partial charge in [0.15, 0.2) is 12.4 Å². The van der Waals surface area contributed by atoms with E-state index < -0.39 is 0 Å². The summed E-state index contributed by atoms with van der Waals surface area (Å²) in [5.41, 5.74) is 5.52. The molecule has 1 fully saturated rings. The molecule has 3 aromatic carbocycles. The minimum Gasteiger partial charge on any atom is -0.482 e. The zero-order chi connectivity index (χ0) is 26.6. The normalized spacial score (nSPS) is 19.0. The summed E-state index contributed by atoms with van der Waals surface area (Å²) in [5.74, 6) is 2.10. The molecule has 4 aromatic rings. The molecule has 0 radical (unpaired) electrons. The Kier molecular flexibility index (Phi) is 7.46. The van der Waals surface area contributed by atoms with Crippen LogP contribution in [0.15, 0.2) is 83.3 Å². The van der Waals surface area contributed by atoms with Crippen LogP contribution in [0.2, 0.25) is 0 Å². The van der Waals surface area contributed by atoms with Gasteiger partial charge in [0.05, 0.1) is 12.6 Å². The summed E-state index contributed by atoms with van der Waals surface area (Å²) >= 11 is 0. The quantitative estimate of drug-likeness (QED) is 0.242. The highest BCUT2D eigenvalue weighted by Crippen LogP contribution is 2.42. The first kappa shape index (κ1) is 25.4. The first-order valence-electron chi connectivity index (χ1n) is 14.0. The molecule has 2 atom stereocenters. The predicted molar refractivity (Wildman–Crippen MR) is 150 cm³/mol. The lowest BCUT2D eigenvalue weighted by atomic mass is 9.86. The Hall–Kier alpha value is -3.90. The van der Waals surface area contributed by atoms with Crippen molar-refractivity contribution in [3.8, 4) is 28.3 Å². The molecule has 0 N–H and O–H groups in total. The Morgan fingerprint density at radius 1 is 0.974 bits per heavy atom. The predicted octanol–water partition coefficient (Wildman–Crippen LogP) is 6.64. The number of aromatic nitrogens is 1. The Bertz CT molecular complexity index is 1360. The van der Waals surface area contributed by atoms with E-state index in [2.05, 4.69) is 35.2 Å². The van der Waals surface area contributed by atoms with Gasteiger partial charge in [0, 0.05) is 17.2 Å². The highest BCUT2D eigenvalue weighted by atomic mass is 16.6. The van der Waals surface area contributed by atoms with E-state index in [0.29, 0.717) is 12.6 Å². The maximum atomic E-state index is 11.8. The van der Waals surface area contributed by atoms with E-state index in [1.165, 1.54) is 11.1 Å². The number of hydrogen-bond donors (Lipinski definition) is 0. The van der Waals surface area contributed by atoms with Crippen LogP contribution in [0.3, 0.4) is 0 Å². The van der Waals surface area contributed by atoms with Crippen molar-refractivity contribution in [3.63, 3.8) is 0 Å². The molecule has 1 saturated heterocycles. The fourth-order valence-electron chi connectivity index (χ4n) is 6.06. The van der Waals surface area contributed by atoms with Crippen LogP contribution in [0.25, 0.3) is 22.6 Å². The van der Waals surface area contributed by atoms with Gasteiger partial charge in [0.2, 0.25) is 5.89 Å². The largest absolute Gasteiger partial charge is 0.482 e. The fraction of sp³-hybridized carbons (Fsp3) is 0.333. The van der Waals surface area contributed by atoms with Gasteiger partial charge in [-0.3, -0.25) is 4.90 Å². The number of likely N-dealkylation sites (tertiary alicyclic amines) is 1. The van der Waals surface area contributed by atoms with Crippen molar-refractivity contribution >= 4 is 5.97 Å². The first-order chi connectivity index (χ1) is 19.2. The van der Waals surface area contributed by atoms with Crippen LogP contribution >= 0.6 is 0 Å². The van der Waals surface area contributed by atoms with Crippen LogP contribution in [0.1, 0.15) is 49.2 Å². The van der Waals surface area contributed by atoms with E-state index in [9.17, 15) is 4.79 Å². The lowest BCUT2D eigenvalue weighted by Crippen LogP contribution is -2.39. The van der Waals surface area contributed by atoms with Crippen LogP contribution in [0, 0.1) is 0 Å². The van der Waals surface area contributed by atoms with E-state index in [1.54, 1.807) is 6.92 Å². The summed E-state index contributed by atoms with van der Waals surface area (Å²) in [6.07, 6.45) is 5.05. The summed E-state index contributed by atoms with van der Waals surface area (Å²) < 4.78 is 17.5. The molecule has 0 amide bonds. The van der Waals surface area contributed by atoms with Gasteiger partial charge in [0.25, 0.3) is 0 Å². The van der Waals surface area contributed by atoms with Gasteiger partial charge >= 0.3 is 5.97 Å². The van der Waals surface area contributed by atoms with Gasteiger partial charge in [0.1, 0.15) is 11.4 Å². The minimum atomic E-state index is -0.334. The van der Waals surface area contributed by atoms with Gasteiger partial charge in [-0.2, -0.15) is 0 Å². The molecule has 1 aliphatic carbocycles. The standard InChI is InChI=1S/C33H34N2O4/c1-2-37-30(36)22-38-29-17-9-15-25-21-26(18-19-27(25)29)35-20-10-16-28(35)33-34-31(23-11-5-3-6-12-23)32(39-33)24-13-7-4-8-14-24/h3-9,11-15,17,26,28H,2,10,16,18-22H2,1H3. The van der Waals surface area contributed by atoms with Crippen molar-refractivity contribution < 1.29 is 18.7 Å². The lowest BCUT2D eigenvalue weighted by Gasteiger charge is -2.35.